The molecule has 0 saturated heterocycles. The number of rotatable bonds is 2. The highest BCUT2D eigenvalue weighted by molar-refractivity contribution is 5.78. The van der Waals surface area contributed by atoms with Crippen LogP contribution in [0.15, 0.2) is 66.5 Å². The van der Waals surface area contributed by atoms with Crippen LogP contribution in [0.5, 0.6) is 0 Å². The summed E-state index contributed by atoms with van der Waals surface area (Å²) < 4.78 is 5.34. The molecular formula is C20H18O2. The molecule has 2 heteroatoms. The van der Waals surface area contributed by atoms with Crippen molar-refractivity contribution < 1.29 is 9.84 Å². The molecule has 4 rings (SSSR count). The van der Waals surface area contributed by atoms with Crippen LogP contribution in [-0.4, -0.2) is 12.2 Å². The van der Waals surface area contributed by atoms with E-state index in [2.05, 4.69) is 30.3 Å². The summed E-state index contributed by atoms with van der Waals surface area (Å²) in [6, 6.07) is 14.7. The summed E-state index contributed by atoms with van der Waals surface area (Å²) in [6.07, 6.45) is 7.01. The monoisotopic (exact) mass is 290 g/mol. The molecule has 0 aliphatic heterocycles. The maximum atomic E-state index is 11.2. The van der Waals surface area contributed by atoms with E-state index in [1.54, 1.807) is 7.11 Å². The molecule has 0 bridgehead atoms. The first-order valence-corrected chi connectivity index (χ1v) is 7.57. The Kier molecular flexibility index (Phi) is 2.95. The van der Waals surface area contributed by atoms with Crippen LogP contribution in [0.25, 0.3) is 11.1 Å². The SMILES string of the molecule is COC1=CC=CC(O)(c2cccc3c2Cc2ccccc2-3)C1. The summed E-state index contributed by atoms with van der Waals surface area (Å²) in [5, 5.41) is 11.2. The molecule has 1 atom stereocenters. The van der Waals surface area contributed by atoms with Crippen LogP contribution in [0.3, 0.4) is 0 Å². The quantitative estimate of drug-likeness (QED) is 0.774. The molecule has 1 N–H and O–H groups in total. The Bertz CT molecular complexity index is 801. The Morgan fingerprint density at radius 3 is 2.73 bits per heavy atom. The first kappa shape index (κ1) is 13.4. The van der Waals surface area contributed by atoms with Gasteiger partial charge in [-0.15, -0.1) is 0 Å². The van der Waals surface area contributed by atoms with E-state index >= 15 is 0 Å². The van der Waals surface area contributed by atoms with Crippen LogP contribution in [-0.2, 0) is 16.8 Å². The Labute approximate surface area is 130 Å². The number of fused-ring (bicyclic) bond motifs is 3. The molecule has 0 fully saturated rings. The number of methoxy groups -OCH3 is 1. The zero-order valence-corrected chi connectivity index (χ0v) is 12.5. The lowest BCUT2D eigenvalue weighted by molar-refractivity contribution is 0.0687. The summed E-state index contributed by atoms with van der Waals surface area (Å²) in [5.74, 6) is 0.804. The molecule has 2 nitrogen and oxygen atoms in total. The third-order valence-corrected chi connectivity index (χ3v) is 4.68. The first-order chi connectivity index (χ1) is 10.7. The van der Waals surface area contributed by atoms with Crippen molar-refractivity contribution in [1.82, 2.24) is 0 Å². The van der Waals surface area contributed by atoms with Crippen molar-refractivity contribution in [3.63, 3.8) is 0 Å². The molecule has 110 valence electrons. The van der Waals surface area contributed by atoms with E-state index in [-0.39, 0.29) is 0 Å². The van der Waals surface area contributed by atoms with Crippen LogP contribution in [0.4, 0.5) is 0 Å². The van der Waals surface area contributed by atoms with Gasteiger partial charge in [0.2, 0.25) is 0 Å². The smallest absolute Gasteiger partial charge is 0.115 e. The van der Waals surface area contributed by atoms with E-state index in [0.717, 1.165) is 17.7 Å². The normalized spacial score (nSPS) is 22.0. The molecule has 0 spiro atoms. The van der Waals surface area contributed by atoms with Gasteiger partial charge in [-0.2, -0.15) is 0 Å². The molecule has 0 aromatic heterocycles. The second-order valence-corrected chi connectivity index (χ2v) is 5.96. The van der Waals surface area contributed by atoms with E-state index in [0.29, 0.717) is 6.42 Å². The number of aliphatic hydroxyl groups is 1. The maximum absolute atomic E-state index is 11.2. The zero-order valence-electron chi connectivity index (χ0n) is 12.5. The molecule has 2 aliphatic carbocycles. The molecule has 2 aromatic carbocycles. The van der Waals surface area contributed by atoms with Gasteiger partial charge < -0.3 is 9.84 Å². The van der Waals surface area contributed by atoms with Gasteiger partial charge in [-0.05, 0) is 46.4 Å². The van der Waals surface area contributed by atoms with Crippen LogP contribution >= 0.6 is 0 Å². The molecule has 0 radical (unpaired) electrons. The summed E-state index contributed by atoms with van der Waals surface area (Å²) in [6.45, 7) is 0. The summed E-state index contributed by atoms with van der Waals surface area (Å²) in [5.41, 5.74) is 5.07. The molecule has 0 amide bonds. The minimum absolute atomic E-state index is 0.479. The van der Waals surface area contributed by atoms with Gasteiger partial charge in [-0.3, -0.25) is 0 Å². The third kappa shape index (κ3) is 1.92. The van der Waals surface area contributed by atoms with Crippen LogP contribution in [0.1, 0.15) is 23.1 Å². The lowest BCUT2D eigenvalue weighted by Gasteiger charge is -2.30. The largest absolute Gasteiger partial charge is 0.501 e. The van der Waals surface area contributed by atoms with Crippen LogP contribution in [0.2, 0.25) is 0 Å². The fraction of sp³-hybridized carbons (Fsp3) is 0.200. The van der Waals surface area contributed by atoms with Crippen molar-refractivity contribution in [2.45, 2.75) is 18.4 Å². The molecule has 1 unspecified atom stereocenters. The van der Waals surface area contributed by atoms with Crippen molar-refractivity contribution in [2.24, 2.45) is 0 Å². The lowest BCUT2D eigenvalue weighted by atomic mass is 9.82. The Morgan fingerprint density at radius 1 is 1.05 bits per heavy atom. The van der Waals surface area contributed by atoms with E-state index in [1.165, 1.54) is 22.3 Å². The zero-order chi connectivity index (χ0) is 15.2. The Balaban J connectivity index is 1.83. The lowest BCUT2D eigenvalue weighted by Crippen LogP contribution is -2.27. The highest BCUT2D eigenvalue weighted by Crippen LogP contribution is 2.43. The number of allylic oxidation sites excluding steroid dienone is 2. The molecule has 0 saturated carbocycles. The minimum Gasteiger partial charge on any atom is -0.501 e. The van der Waals surface area contributed by atoms with Gasteiger partial charge in [0.15, 0.2) is 0 Å². The van der Waals surface area contributed by atoms with Crippen molar-refractivity contribution in [3.05, 3.63) is 83.1 Å². The number of hydrogen-bond donors (Lipinski definition) is 1. The van der Waals surface area contributed by atoms with Crippen molar-refractivity contribution in [2.75, 3.05) is 7.11 Å². The van der Waals surface area contributed by atoms with Gasteiger partial charge in [0.25, 0.3) is 0 Å². The predicted octanol–water partition coefficient (Wildman–Crippen LogP) is 3.94. The topological polar surface area (TPSA) is 29.5 Å². The fourth-order valence-electron chi connectivity index (χ4n) is 3.59. The molecular weight excluding hydrogens is 272 g/mol. The Hall–Kier alpha value is -2.32. The van der Waals surface area contributed by atoms with Crippen molar-refractivity contribution in [3.8, 4) is 11.1 Å². The summed E-state index contributed by atoms with van der Waals surface area (Å²) in [4.78, 5) is 0. The second-order valence-electron chi connectivity index (χ2n) is 5.96. The molecule has 2 aliphatic rings. The second kappa shape index (κ2) is 4.85. The van der Waals surface area contributed by atoms with Gasteiger partial charge in [0.05, 0.1) is 12.9 Å². The van der Waals surface area contributed by atoms with E-state index in [4.69, 9.17) is 4.74 Å². The summed E-state index contributed by atoms with van der Waals surface area (Å²) >= 11 is 0. The highest BCUT2D eigenvalue weighted by atomic mass is 16.5. The van der Waals surface area contributed by atoms with Gasteiger partial charge in [-0.1, -0.05) is 48.5 Å². The minimum atomic E-state index is -0.993. The number of hydrogen-bond acceptors (Lipinski definition) is 2. The van der Waals surface area contributed by atoms with E-state index < -0.39 is 5.60 Å². The fourth-order valence-corrected chi connectivity index (χ4v) is 3.59. The van der Waals surface area contributed by atoms with Gasteiger partial charge in [-0.25, -0.2) is 0 Å². The van der Waals surface area contributed by atoms with Crippen molar-refractivity contribution in [1.29, 1.82) is 0 Å². The van der Waals surface area contributed by atoms with E-state index in [1.807, 2.05) is 30.4 Å². The molecule has 2 aromatic rings. The van der Waals surface area contributed by atoms with Gasteiger partial charge in [0, 0.05) is 6.42 Å². The summed E-state index contributed by atoms with van der Waals surface area (Å²) in [7, 11) is 1.65. The third-order valence-electron chi connectivity index (χ3n) is 4.68. The number of ether oxygens (including phenoxy) is 1. The average molecular weight is 290 g/mol. The highest BCUT2D eigenvalue weighted by Gasteiger charge is 2.34. The standard InChI is InChI=1S/C20H18O2/c1-22-15-7-5-11-20(21,13-15)19-10-4-9-17-16-8-3-2-6-14(16)12-18(17)19/h2-11,21H,12-13H2,1H3. The molecule has 22 heavy (non-hydrogen) atoms. The van der Waals surface area contributed by atoms with E-state index in [9.17, 15) is 5.11 Å². The van der Waals surface area contributed by atoms with Gasteiger partial charge in [0.1, 0.15) is 5.60 Å². The Morgan fingerprint density at radius 2 is 1.86 bits per heavy atom. The van der Waals surface area contributed by atoms with Crippen LogP contribution < -0.4 is 0 Å². The maximum Gasteiger partial charge on any atom is 0.115 e. The number of benzene rings is 2. The van der Waals surface area contributed by atoms with Gasteiger partial charge >= 0.3 is 0 Å². The van der Waals surface area contributed by atoms with Crippen molar-refractivity contribution >= 4 is 0 Å². The predicted molar refractivity (Wildman–Crippen MR) is 87.4 cm³/mol. The average Bonchev–Trinajstić information content (AvgIpc) is 2.93. The first-order valence-electron chi connectivity index (χ1n) is 7.57. The van der Waals surface area contributed by atoms with Crippen LogP contribution in [0, 0.1) is 0 Å². The molecule has 0 heterocycles.